The molecule has 0 aliphatic heterocycles. The molecule has 0 bridgehead atoms. The Labute approximate surface area is 154 Å². The number of amides is 3. The van der Waals surface area contributed by atoms with Crippen molar-refractivity contribution in [2.45, 2.75) is 38.6 Å². The molecule has 136 valence electrons. The first kappa shape index (κ1) is 18.0. The van der Waals surface area contributed by atoms with E-state index in [9.17, 15) is 9.59 Å². The molecule has 5 nitrogen and oxygen atoms in total. The third kappa shape index (κ3) is 4.85. The van der Waals surface area contributed by atoms with Crippen molar-refractivity contribution in [1.82, 2.24) is 5.32 Å². The molecular weight excluding hydrogens is 326 g/mol. The lowest BCUT2D eigenvalue weighted by Gasteiger charge is -2.29. The van der Waals surface area contributed by atoms with E-state index < -0.39 is 0 Å². The van der Waals surface area contributed by atoms with Crippen LogP contribution < -0.4 is 16.0 Å². The van der Waals surface area contributed by atoms with E-state index in [1.165, 1.54) is 12.8 Å². The molecule has 3 N–H and O–H groups in total. The van der Waals surface area contributed by atoms with Gasteiger partial charge in [-0.3, -0.25) is 4.79 Å². The van der Waals surface area contributed by atoms with Crippen molar-refractivity contribution in [1.29, 1.82) is 0 Å². The Balaban J connectivity index is 1.53. The van der Waals surface area contributed by atoms with E-state index in [0.717, 1.165) is 18.5 Å². The first-order valence-corrected chi connectivity index (χ1v) is 9.16. The second-order valence-electron chi connectivity index (χ2n) is 6.86. The summed E-state index contributed by atoms with van der Waals surface area (Å²) in [5.74, 6) is 0.335. The van der Waals surface area contributed by atoms with Crippen LogP contribution in [0, 0.1) is 5.92 Å². The normalized spacial score (nSPS) is 19.4. The number of rotatable bonds is 4. The van der Waals surface area contributed by atoms with Gasteiger partial charge in [0.25, 0.3) is 5.91 Å². The van der Waals surface area contributed by atoms with E-state index in [4.69, 9.17) is 0 Å². The highest BCUT2D eigenvalue weighted by atomic mass is 16.2. The maximum Gasteiger partial charge on any atom is 0.319 e. The van der Waals surface area contributed by atoms with Crippen molar-refractivity contribution in [3.63, 3.8) is 0 Å². The number of anilines is 2. The number of hydrogen-bond donors (Lipinski definition) is 3. The number of benzene rings is 2. The first-order chi connectivity index (χ1) is 12.6. The third-order valence-corrected chi connectivity index (χ3v) is 4.86. The van der Waals surface area contributed by atoms with Crippen molar-refractivity contribution in [2.24, 2.45) is 5.92 Å². The summed E-state index contributed by atoms with van der Waals surface area (Å²) in [6.45, 7) is 2.18. The highest BCUT2D eigenvalue weighted by Gasteiger charge is 2.22. The summed E-state index contributed by atoms with van der Waals surface area (Å²) in [7, 11) is 0. The van der Waals surface area contributed by atoms with Gasteiger partial charge in [0.2, 0.25) is 0 Å². The van der Waals surface area contributed by atoms with E-state index in [0.29, 0.717) is 17.2 Å². The summed E-state index contributed by atoms with van der Waals surface area (Å²) in [5.41, 5.74) is 1.96. The Morgan fingerprint density at radius 1 is 0.846 bits per heavy atom. The van der Waals surface area contributed by atoms with E-state index in [-0.39, 0.29) is 18.0 Å². The Kier molecular flexibility index (Phi) is 5.89. The summed E-state index contributed by atoms with van der Waals surface area (Å²) < 4.78 is 0. The minimum absolute atomic E-state index is 0.178. The van der Waals surface area contributed by atoms with Crippen LogP contribution in [-0.2, 0) is 0 Å². The molecule has 2 unspecified atom stereocenters. The molecule has 5 heteroatoms. The molecule has 1 aliphatic rings. The van der Waals surface area contributed by atoms with E-state index in [1.807, 2.05) is 30.3 Å². The number of para-hydroxylation sites is 1. The zero-order valence-electron chi connectivity index (χ0n) is 15.0. The van der Waals surface area contributed by atoms with Crippen LogP contribution in [0.5, 0.6) is 0 Å². The van der Waals surface area contributed by atoms with Crippen LogP contribution in [0.4, 0.5) is 16.2 Å². The molecule has 0 aromatic heterocycles. The lowest BCUT2D eigenvalue weighted by molar-refractivity contribution is 0.102. The van der Waals surface area contributed by atoms with Crippen LogP contribution in [0.25, 0.3) is 0 Å². The Morgan fingerprint density at radius 2 is 1.50 bits per heavy atom. The average Bonchev–Trinajstić information content (AvgIpc) is 2.65. The predicted octanol–water partition coefficient (Wildman–Crippen LogP) is 4.64. The Morgan fingerprint density at radius 3 is 2.19 bits per heavy atom. The molecule has 0 saturated heterocycles. The molecule has 2 atom stereocenters. The van der Waals surface area contributed by atoms with Crippen molar-refractivity contribution >= 4 is 23.3 Å². The Bertz CT molecular complexity index is 744. The van der Waals surface area contributed by atoms with E-state index in [1.54, 1.807) is 24.3 Å². The van der Waals surface area contributed by atoms with E-state index in [2.05, 4.69) is 22.9 Å². The zero-order valence-corrected chi connectivity index (χ0v) is 15.0. The fraction of sp³-hybridized carbons (Fsp3) is 0.333. The third-order valence-electron chi connectivity index (χ3n) is 4.86. The van der Waals surface area contributed by atoms with Gasteiger partial charge in [-0.25, -0.2) is 4.79 Å². The summed E-state index contributed by atoms with van der Waals surface area (Å²) in [4.78, 5) is 24.4. The van der Waals surface area contributed by atoms with Gasteiger partial charge in [-0.2, -0.15) is 0 Å². The fourth-order valence-electron chi connectivity index (χ4n) is 3.30. The van der Waals surface area contributed by atoms with Gasteiger partial charge in [-0.05, 0) is 55.2 Å². The molecule has 3 amide bonds. The summed E-state index contributed by atoms with van der Waals surface area (Å²) in [6, 6.07) is 16.2. The molecule has 2 aromatic rings. The van der Waals surface area contributed by atoms with Crippen LogP contribution in [0.2, 0.25) is 0 Å². The number of urea groups is 1. The molecule has 26 heavy (non-hydrogen) atoms. The highest BCUT2D eigenvalue weighted by Crippen LogP contribution is 2.23. The van der Waals surface area contributed by atoms with Gasteiger partial charge in [0.15, 0.2) is 0 Å². The quantitative estimate of drug-likeness (QED) is 0.751. The lowest BCUT2D eigenvalue weighted by atomic mass is 9.86. The maximum absolute atomic E-state index is 12.2. The number of carbonyl (C=O) groups is 2. The average molecular weight is 351 g/mol. The molecule has 0 radical (unpaired) electrons. The maximum atomic E-state index is 12.2. The first-order valence-electron chi connectivity index (χ1n) is 9.16. The van der Waals surface area contributed by atoms with Crippen LogP contribution in [-0.4, -0.2) is 18.0 Å². The molecular formula is C21H25N3O2. The largest absolute Gasteiger partial charge is 0.335 e. The molecule has 2 aromatic carbocycles. The molecule has 1 saturated carbocycles. The van der Waals surface area contributed by atoms with Crippen molar-refractivity contribution < 1.29 is 9.59 Å². The van der Waals surface area contributed by atoms with Gasteiger partial charge in [0, 0.05) is 23.0 Å². The fourth-order valence-corrected chi connectivity index (χ4v) is 3.30. The summed E-state index contributed by atoms with van der Waals surface area (Å²) >= 11 is 0. The SMILES string of the molecule is CC1CCCCC1NC(=O)Nc1ccc(C(=O)Nc2ccccc2)cc1. The van der Waals surface area contributed by atoms with Crippen LogP contribution in [0.3, 0.4) is 0 Å². The molecule has 3 rings (SSSR count). The van der Waals surface area contributed by atoms with Gasteiger partial charge in [-0.1, -0.05) is 38.0 Å². The zero-order chi connectivity index (χ0) is 18.4. The molecule has 0 heterocycles. The topological polar surface area (TPSA) is 70.2 Å². The van der Waals surface area contributed by atoms with Gasteiger partial charge < -0.3 is 16.0 Å². The molecule has 1 fully saturated rings. The van der Waals surface area contributed by atoms with Crippen molar-refractivity contribution in [3.8, 4) is 0 Å². The highest BCUT2D eigenvalue weighted by molar-refractivity contribution is 6.04. The second kappa shape index (κ2) is 8.52. The standard InChI is InChI=1S/C21H25N3O2/c1-15-7-5-6-10-19(15)24-21(26)23-18-13-11-16(12-14-18)20(25)22-17-8-3-2-4-9-17/h2-4,8-9,11-15,19H,5-7,10H2,1H3,(H,22,25)(H2,23,24,26). The van der Waals surface area contributed by atoms with Gasteiger partial charge >= 0.3 is 6.03 Å². The predicted molar refractivity (Wildman–Crippen MR) is 104 cm³/mol. The van der Waals surface area contributed by atoms with Crippen molar-refractivity contribution in [3.05, 3.63) is 60.2 Å². The minimum Gasteiger partial charge on any atom is -0.335 e. The molecule has 0 spiro atoms. The lowest BCUT2D eigenvalue weighted by Crippen LogP contribution is -2.43. The van der Waals surface area contributed by atoms with Gasteiger partial charge in [-0.15, -0.1) is 0 Å². The smallest absolute Gasteiger partial charge is 0.319 e. The number of nitrogens with one attached hydrogen (secondary N) is 3. The summed E-state index contributed by atoms with van der Waals surface area (Å²) in [6.07, 6.45) is 4.61. The number of carbonyl (C=O) groups excluding carboxylic acids is 2. The second-order valence-corrected chi connectivity index (χ2v) is 6.86. The van der Waals surface area contributed by atoms with Crippen LogP contribution >= 0.6 is 0 Å². The van der Waals surface area contributed by atoms with Crippen molar-refractivity contribution in [2.75, 3.05) is 10.6 Å². The summed E-state index contributed by atoms with van der Waals surface area (Å²) in [5, 5.41) is 8.74. The van der Waals surface area contributed by atoms with Gasteiger partial charge in [0.05, 0.1) is 0 Å². The Hall–Kier alpha value is -2.82. The van der Waals surface area contributed by atoms with Gasteiger partial charge in [0.1, 0.15) is 0 Å². The van der Waals surface area contributed by atoms with Crippen LogP contribution in [0.1, 0.15) is 43.0 Å². The van der Waals surface area contributed by atoms with E-state index >= 15 is 0 Å². The number of hydrogen-bond acceptors (Lipinski definition) is 2. The van der Waals surface area contributed by atoms with Crippen LogP contribution in [0.15, 0.2) is 54.6 Å². The monoisotopic (exact) mass is 351 g/mol. The minimum atomic E-state index is -0.190. The molecule has 1 aliphatic carbocycles.